The highest BCUT2D eigenvalue weighted by atomic mass is 127. The number of aromatic nitrogens is 2. The zero-order chi connectivity index (χ0) is 14.8. The van der Waals surface area contributed by atoms with E-state index in [0.717, 1.165) is 9.26 Å². The monoisotopic (exact) mass is 390 g/mol. The Kier molecular flexibility index (Phi) is 3.66. The molecule has 0 saturated carbocycles. The molecule has 0 fully saturated rings. The summed E-state index contributed by atoms with van der Waals surface area (Å²) >= 11 is 2.20. The third-order valence-corrected chi connectivity index (χ3v) is 3.61. The lowest BCUT2D eigenvalue weighted by Crippen LogP contribution is -1.98. The van der Waals surface area contributed by atoms with Crippen LogP contribution < -0.4 is 5.32 Å². The first-order valence-electron chi connectivity index (χ1n) is 6.04. The van der Waals surface area contributed by atoms with Crippen molar-refractivity contribution < 1.29 is 4.39 Å². The first-order valence-corrected chi connectivity index (χ1v) is 7.12. The van der Waals surface area contributed by atoms with Crippen LogP contribution in [0.3, 0.4) is 0 Å². The SMILES string of the molecule is N#Cc1cnc2cnc(F)cc2c1Nc1cccc(I)c1. The van der Waals surface area contributed by atoms with Crippen LogP contribution in [-0.4, -0.2) is 9.97 Å². The summed E-state index contributed by atoms with van der Waals surface area (Å²) in [6.07, 6.45) is 2.81. The van der Waals surface area contributed by atoms with Gasteiger partial charge >= 0.3 is 0 Å². The average Bonchev–Trinajstić information content (AvgIpc) is 2.48. The highest BCUT2D eigenvalue weighted by Gasteiger charge is 2.11. The van der Waals surface area contributed by atoms with E-state index in [1.165, 1.54) is 18.5 Å². The van der Waals surface area contributed by atoms with E-state index in [4.69, 9.17) is 0 Å². The van der Waals surface area contributed by atoms with Crippen molar-refractivity contribution in [3.63, 3.8) is 0 Å². The minimum atomic E-state index is -0.606. The second-order valence-corrected chi connectivity index (χ2v) is 5.56. The number of nitriles is 1. The largest absolute Gasteiger partial charge is 0.354 e. The van der Waals surface area contributed by atoms with Gasteiger partial charge in [0.25, 0.3) is 0 Å². The van der Waals surface area contributed by atoms with E-state index in [-0.39, 0.29) is 0 Å². The van der Waals surface area contributed by atoms with Crippen molar-refractivity contribution in [2.75, 3.05) is 5.32 Å². The Bertz CT molecular complexity index is 873. The lowest BCUT2D eigenvalue weighted by Gasteiger charge is -2.11. The maximum Gasteiger partial charge on any atom is 0.213 e. The van der Waals surface area contributed by atoms with Crippen molar-refractivity contribution in [2.45, 2.75) is 0 Å². The van der Waals surface area contributed by atoms with Gasteiger partial charge in [-0.05, 0) is 40.8 Å². The smallest absolute Gasteiger partial charge is 0.213 e. The topological polar surface area (TPSA) is 61.6 Å². The van der Waals surface area contributed by atoms with E-state index in [2.05, 4.69) is 43.9 Å². The van der Waals surface area contributed by atoms with Gasteiger partial charge < -0.3 is 5.32 Å². The Morgan fingerprint density at radius 3 is 2.81 bits per heavy atom. The lowest BCUT2D eigenvalue weighted by molar-refractivity contribution is 0.586. The Labute approximate surface area is 133 Å². The maximum atomic E-state index is 13.4. The molecule has 0 amide bonds. The van der Waals surface area contributed by atoms with Crippen LogP contribution in [0.2, 0.25) is 0 Å². The Morgan fingerprint density at radius 2 is 2.05 bits per heavy atom. The van der Waals surface area contributed by atoms with Crippen LogP contribution in [0.5, 0.6) is 0 Å². The Hall–Kier alpha value is -2.27. The van der Waals surface area contributed by atoms with Crippen LogP contribution in [0.15, 0.2) is 42.7 Å². The number of nitrogens with zero attached hydrogens (tertiary/aromatic N) is 3. The number of pyridine rings is 2. The molecule has 3 aromatic rings. The summed E-state index contributed by atoms with van der Waals surface area (Å²) in [5, 5.41) is 12.9. The van der Waals surface area contributed by atoms with E-state index < -0.39 is 5.95 Å². The number of rotatable bonds is 2. The molecule has 3 rings (SSSR count). The van der Waals surface area contributed by atoms with Gasteiger partial charge in [0.2, 0.25) is 5.95 Å². The van der Waals surface area contributed by atoms with E-state index in [0.29, 0.717) is 22.2 Å². The molecular formula is C15H8FIN4. The molecule has 0 radical (unpaired) electrons. The molecule has 0 atom stereocenters. The predicted molar refractivity (Wildman–Crippen MR) is 86.7 cm³/mol. The lowest BCUT2D eigenvalue weighted by atomic mass is 10.1. The fraction of sp³-hybridized carbons (Fsp3) is 0. The van der Waals surface area contributed by atoms with Gasteiger partial charge in [-0.1, -0.05) is 6.07 Å². The minimum absolute atomic E-state index is 0.354. The van der Waals surface area contributed by atoms with Crippen LogP contribution in [0.1, 0.15) is 5.56 Å². The second kappa shape index (κ2) is 5.61. The third-order valence-electron chi connectivity index (χ3n) is 2.94. The van der Waals surface area contributed by atoms with Crippen LogP contribution in [-0.2, 0) is 0 Å². The molecule has 4 nitrogen and oxygen atoms in total. The minimum Gasteiger partial charge on any atom is -0.354 e. The third kappa shape index (κ3) is 2.78. The summed E-state index contributed by atoms with van der Waals surface area (Å²) in [5.41, 5.74) is 2.24. The summed E-state index contributed by atoms with van der Waals surface area (Å²) in [4.78, 5) is 7.70. The fourth-order valence-electron chi connectivity index (χ4n) is 2.00. The molecular weight excluding hydrogens is 382 g/mol. The molecule has 0 spiro atoms. The molecule has 21 heavy (non-hydrogen) atoms. The number of fused-ring (bicyclic) bond motifs is 1. The van der Waals surface area contributed by atoms with Gasteiger partial charge in [-0.25, -0.2) is 4.98 Å². The quantitative estimate of drug-likeness (QED) is 0.531. The van der Waals surface area contributed by atoms with Gasteiger partial charge in [0.15, 0.2) is 0 Å². The van der Waals surface area contributed by atoms with Gasteiger partial charge in [0, 0.05) is 26.9 Å². The normalized spacial score (nSPS) is 10.3. The van der Waals surface area contributed by atoms with Crippen molar-refractivity contribution in [1.29, 1.82) is 5.26 Å². The summed E-state index contributed by atoms with van der Waals surface area (Å²) in [6, 6.07) is 11.0. The fourth-order valence-corrected chi connectivity index (χ4v) is 2.54. The summed E-state index contributed by atoms with van der Waals surface area (Å²) < 4.78 is 14.5. The number of benzene rings is 1. The number of nitrogens with one attached hydrogen (secondary N) is 1. The molecule has 2 heterocycles. The van der Waals surface area contributed by atoms with Gasteiger partial charge in [-0.2, -0.15) is 9.65 Å². The van der Waals surface area contributed by atoms with E-state index in [9.17, 15) is 9.65 Å². The molecule has 0 aliphatic rings. The number of hydrogen-bond acceptors (Lipinski definition) is 4. The number of anilines is 2. The van der Waals surface area contributed by atoms with E-state index >= 15 is 0 Å². The summed E-state index contributed by atoms with van der Waals surface area (Å²) in [6.45, 7) is 0. The molecule has 0 unspecified atom stereocenters. The highest BCUT2D eigenvalue weighted by molar-refractivity contribution is 14.1. The van der Waals surface area contributed by atoms with Crippen LogP contribution in [0, 0.1) is 20.8 Å². The van der Waals surface area contributed by atoms with Gasteiger partial charge in [-0.15, -0.1) is 0 Å². The van der Waals surface area contributed by atoms with E-state index in [1.54, 1.807) is 0 Å². The Morgan fingerprint density at radius 1 is 1.19 bits per heavy atom. The van der Waals surface area contributed by atoms with Crippen molar-refractivity contribution in [2.24, 2.45) is 0 Å². The highest BCUT2D eigenvalue weighted by Crippen LogP contribution is 2.29. The molecule has 0 saturated heterocycles. The molecule has 102 valence electrons. The zero-order valence-corrected chi connectivity index (χ0v) is 12.8. The number of hydrogen-bond donors (Lipinski definition) is 1. The first-order chi connectivity index (χ1) is 10.2. The summed E-state index contributed by atoms with van der Waals surface area (Å²) in [7, 11) is 0. The van der Waals surface area contributed by atoms with Crippen LogP contribution >= 0.6 is 22.6 Å². The van der Waals surface area contributed by atoms with Crippen molar-refractivity contribution in [3.8, 4) is 6.07 Å². The van der Waals surface area contributed by atoms with Crippen molar-refractivity contribution >= 4 is 44.9 Å². The standard InChI is InChI=1S/C15H8FIN4/c16-14-5-12-13(8-20-14)19-7-9(6-18)15(12)21-11-3-1-2-10(17)4-11/h1-5,7-8H,(H,19,21). The molecule has 1 aromatic carbocycles. The summed E-state index contributed by atoms with van der Waals surface area (Å²) in [5.74, 6) is -0.606. The Balaban J connectivity index is 2.19. The average molecular weight is 390 g/mol. The molecule has 1 N–H and O–H groups in total. The predicted octanol–water partition coefficient (Wildman–Crippen LogP) is 3.99. The molecule has 0 aliphatic heterocycles. The second-order valence-electron chi connectivity index (χ2n) is 4.32. The molecule has 6 heteroatoms. The van der Waals surface area contributed by atoms with Crippen LogP contribution in [0.4, 0.5) is 15.8 Å². The first kappa shape index (κ1) is 13.7. The molecule has 0 bridgehead atoms. The molecule has 0 aliphatic carbocycles. The van der Waals surface area contributed by atoms with Gasteiger partial charge in [-0.3, -0.25) is 4.98 Å². The van der Waals surface area contributed by atoms with E-state index in [1.807, 2.05) is 24.3 Å². The van der Waals surface area contributed by atoms with Crippen molar-refractivity contribution in [3.05, 3.63) is 57.8 Å². The van der Waals surface area contributed by atoms with Crippen LogP contribution in [0.25, 0.3) is 10.9 Å². The maximum absolute atomic E-state index is 13.4. The number of halogens is 2. The van der Waals surface area contributed by atoms with Crippen molar-refractivity contribution in [1.82, 2.24) is 9.97 Å². The van der Waals surface area contributed by atoms with Gasteiger partial charge in [0.1, 0.15) is 6.07 Å². The molecule has 2 aromatic heterocycles. The van der Waals surface area contributed by atoms with Gasteiger partial charge in [0.05, 0.1) is 23.0 Å². The zero-order valence-electron chi connectivity index (χ0n) is 10.6.